The fourth-order valence-corrected chi connectivity index (χ4v) is 4.00. The lowest BCUT2D eigenvalue weighted by Crippen LogP contribution is -2.23. The molecule has 3 aromatic rings. The maximum absolute atomic E-state index is 11.4. The molecule has 4 rings (SSSR count). The van der Waals surface area contributed by atoms with Crippen molar-refractivity contribution in [1.82, 2.24) is 4.90 Å². The van der Waals surface area contributed by atoms with Crippen molar-refractivity contribution in [1.29, 1.82) is 0 Å². The average Bonchev–Trinajstić information content (AvgIpc) is 3.28. The van der Waals surface area contributed by atoms with Gasteiger partial charge in [-0.25, -0.2) is 0 Å². The number of primary amides is 1. The Morgan fingerprint density at radius 3 is 1.93 bits per heavy atom. The Hall–Kier alpha value is -2.91. The van der Waals surface area contributed by atoms with E-state index in [0.29, 0.717) is 11.6 Å². The maximum Gasteiger partial charge on any atom is 0.248 e. The Morgan fingerprint density at radius 2 is 1.36 bits per heavy atom. The molecule has 1 amide bonds. The molecule has 3 heteroatoms. The summed E-state index contributed by atoms with van der Waals surface area (Å²) in [6.45, 7) is 4.72. The molecule has 1 heterocycles. The van der Waals surface area contributed by atoms with E-state index < -0.39 is 5.91 Å². The van der Waals surface area contributed by atoms with E-state index in [0.717, 1.165) is 11.1 Å². The number of carbonyl (C=O) groups excluding carboxylic acids is 1. The van der Waals surface area contributed by atoms with Crippen molar-refractivity contribution in [2.45, 2.75) is 25.8 Å². The van der Waals surface area contributed by atoms with Gasteiger partial charge >= 0.3 is 0 Å². The van der Waals surface area contributed by atoms with Gasteiger partial charge in [-0.15, -0.1) is 0 Å². The van der Waals surface area contributed by atoms with Crippen molar-refractivity contribution in [2.75, 3.05) is 13.1 Å². The monoisotopic (exact) mass is 370 g/mol. The fraction of sp³-hybridized carbons (Fsp3) is 0.240. The van der Waals surface area contributed by atoms with Gasteiger partial charge in [-0.3, -0.25) is 9.69 Å². The van der Waals surface area contributed by atoms with E-state index in [1.54, 1.807) is 6.07 Å². The van der Waals surface area contributed by atoms with Gasteiger partial charge in [0, 0.05) is 11.6 Å². The number of carbonyl (C=O) groups is 1. The standard InChI is InChI=1S/C25H26N2O/c1-18(27-15-2-3-16-27)19-7-9-20(10-8-19)21-11-13-22(14-12-21)23-5-4-6-24(17-23)25(26)28/h4-14,17-18H,2-3,15-16H2,1H3,(H2,26,28)/t18-/m1/s1. The molecule has 0 bridgehead atoms. The third-order valence-corrected chi connectivity index (χ3v) is 5.78. The fourth-order valence-electron chi connectivity index (χ4n) is 4.00. The summed E-state index contributed by atoms with van der Waals surface area (Å²) in [4.78, 5) is 14.0. The number of rotatable bonds is 5. The molecular formula is C25H26N2O. The number of likely N-dealkylation sites (tertiary alicyclic amines) is 1. The molecule has 28 heavy (non-hydrogen) atoms. The van der Waals surface area contributed by atoms with Crippen LogP contribution in [0.2, 0.25) is 0 Å². The highest BCUT2D eigenvalue weighted by atomic mass is 16.1. The van der Waals surface area contributed by atoms with Gasteiger partial charge in [0.2, 0.25) is 5.91 Å². The predicted molar refractivity (Wildman–Crippen MR) is 115 cm³/mol. The van der Waals surface area contributed by atoms with Crippen LogP contribution in [0.25, 0.3) is 22.3 Å². The smallest absolute Gasteiger partial charge is 0.248 e. The summed E-state index contributed by atoms with van der Waals surface area (Å²) in [6, 6.07) is 25.3. The average molecular weight is 370 g/mol. The molecule has 0 aromatic heterocycles. The molecule has 0 saturated carbocycles. The molecule has 0 unspecified atom stereocenters. The molecule has 3 nitrogen and oxygen atoms in total. The van der Waals surface area contributed by atoms with Gasteiger partial charge in [0.05, 0.1) is 0 Å². The van der Waals surface area contributed by atoms with Crippen LogP contribution in [0.3, 0.4) is 0 Å². The zero-order chi connectivity index (χ0) is 19.5. The second-order valence-electron chi connectivity index (χ2n) is 7.56. The molecule has 0 aliphatic carbocycles. The van der Waals surface area contributed by atoms with Gasteiger partial charge in [-0.05, 0) is 72.8 Å². The summed E-state index contributed by atoms with van der Waals surface area (Å²) >= 11 is 0. The summed E-state index contributed by atoms with van der Waals surface area (Å²) in [7, 11) is 0. The van der Waals surface area contributed by atoms with E-state index in [9.17, 15) is 4.79 Å². The quantitative estimate of drug-likeness (QED) is 0.664. The van der Waals surface area contributed by atoms with Crippen molar-refractivity contribution in [3.05, 3.63) is 83.9 Å². The zero-order valence-corrected chi connectivity index (χ0v) is 16.3. The van der Waals surface area contributed by atoms with E-state index in [-0.39, 0.29) is 0 Å². The van der Waals surface area contributed by atoms with E-state index in [4.69, 9.17) is 5.73 Å². The summed E-state index contributed by atoms with van der Waals surface area (Å²) in [5, 5.41) is 0. The summed E-state index contributed by atoms with van der Waals surface area (Å²) in [5.41, 5.74) is 11.8. The topological polar surface area (TPSA) is 46.3 Å². The Morgan fingerprint density at radius 1 is 0.821 bits per heavy atom. The highest BCUT2D eigenvalue weighted by Gasteiger charge is 2.19. The van der Waals surface area contributed by atoms with Crippen LogP contribution < -0.4 is 5.73 Å². The van der Waals surface area contributed by atoms with Crippen molar-refractivity contribution >= 4 is 5.91 Å². The zero-order valence-electron chi connectivity index (χ0n) is 16.3. The van der Waals surface area contributed by atoms with E-state index in [1.807, 2.05) is 18.2 Å². The Labute approximate surface area is 166 Å². The first-order chi connectivity index (χ1) is 13.6. The first-order valence-corrected chi connectivity index (χ1v) is 9.96. The highest BCUT2D eigenvalue weighted by molar-refractivity contribution is 5.94. The van der Waals surface area contributed by atoms with E-state index in [1.165, 1.54) is 42.6 Å². The van der Waals surface area contributed by atoms with Gasteiger partial charge in [0.1, 0.15) is 0 Å². The van der Waals surface area contributed by atoms with Gasteiger partial charge in [0.25, 0.3) is 0 Å². The largest absolute Gasteiger partial charge is 0.366 e. The number of amides is 1. The van der Waals surface area contributed by atoms with Crippen molar-refractivity contribution in [2.24, 2.45) is 5.73 Å². The number of nitrogens with zero attached hydrogens (tertiary/aromatic N) is 1. The second-order valence-corrected chi connectivity index (χ2v) is 7.56. The lowest BCUT2D eigenvalue weighted by molar-refractivity contribution is 0.100. The molecule has 1 fully saturated rings. The van der Waals surface area contributed by atoms with Crippen molar-refractivity contribution in [3.8, 4) is 22.3 Å². The lowest BCUT2D eigenvalue weighted by Gasteiger charge is -2.24. The molecular weight excluding hydrogens is 344 g/mol. The minimum absolute atomic E-state index is 0.401. The molecule has 0 radical (unpaired) electrons. The van der Waals surface area contributed by atoms with Crippen LogP contribution in [0.1, 0.15) is 41.7 Å². The summed E-state index contributed by atoms with van der Waals surface area (Å²) in [6.07, 6.45) is 2.63. The van der Waals surface area contributed by atoms with E-state index in [2.05, 4.69) is 60.4 Å². The first kappa shape index (κ1) is 18.5. The van der Waals surface area contributed by atoms with Crippen molar-refractivity contribution < 1.29 is 4.79 Å². The second kappa shape index (κ2) is 7.99. The minimum Gasteiger partial charge on any atom is -0.366 e. The minimum atomic E-state index is -0.401. The molecule has 2 N–H and O–H groups in total. The molecule has 1 atom stereocenters. The van der Waals surface area contributed by atoms with Crippen LogP contribution in [0.15, 0.2) is 72.8 Å². The molecule has 142 valence electrons. The Bertz CT molecular complexity index is 955. The van der Waals surface area contributed by atoms with Gasteiger partial charge in [0.15, 0.2) is 0 Å². The highest BCUT2D eigenvalue weighted by Crippen LogP contribution is 2.29. The van der Waals surface area contributed by atoms with Crippen LogP contribution in [-0.2, 0) is 0 Å². The number of hydrogen-bond acceptors (Lipinski definition) is 2. The lowest BCUT2D eigenvalue weighted by atomic mass is 9.97. The van der Waals surface area contributed by atoms with Gasteiger partial charge in [-0.1, -0.05) is 60.7 Å². The molecule has 1 aliphatic rings. The van der Waals surface area contributed by atoms with Gasteiger partial charge < -0.3 is 5.73 Å². The molecule has 3 aromatic carbocycles. The molecule has 0 spiro atoms. The van der Waals surface area contributed by atoms with Crippen LogP contribution in [0.5, 0.6) is 0 Å². The number of nitrogens with two attached hydrogens (primary N) is 1. The number of benzene rings is 3. The van der Waals surface area contributed by atoms with Crippen LogP contribution in [0.4, 0.5) is 0 Å². The first-order valence-electron chi connectivity index (χ1n) is 9.96. The maximum atomic E-state index is 11.4. The van der Waals surface area contributed by atoms with Gasteiger partial charge in [-0.2, -0.15) is 0 Å². The normalized spacial score (nSPS) is 15.5. The molecule has 1 aliphatic heterocycles. The van der Waals surface area contributed by atoms with E-state index >= 15 is 0 Å². The summed E-state index contributed by atoms with van der Waals surface area (Å²) < 4.78 is 0. The van der Waals surface area contributed by atoms with Crippen LogP contribution in [-0.4, -0.2) is 23.9 Å². The Kier molecular flexibility index (Phi) is 5.27. The van der Waals surface area contributed by atoms with Crippen LogP contribution in [0, 0.1) is 0 Å². The third-order valence-electron chi connectivity index (χ3n) is 5.78. The van der Waals surface area contributed by atoms with Crippen LogP contribution >= 0.6 is 0 Å². The number of hydrogen-bond donors (Lipinski definition) is 1. The van der Waals surface area contributed by atoms with Crippen molar-refractivity contribution in [3.63, 3.8) is 0 Å². The predicted octanol–water partition coefficient (Wildman–Crippen LogP) is 5.28. The Balaban J connectivity index is 1.52. The summed E-state index contributed by atoms with van der Waals surface area (Å²) in [5.74, 6) is -0.401. The SMILES string of the molecule is C[C@H](c1ccc(-c2ccc(-c3cccc(C(N)=O)c3)cc2)cc1)N1CCCC1. The third kappa shape index (κ3) is 3.85. The molecule has 1 saturated heterocycles.